The number of benzene rings is 1. The van der Waals surface area contributed by atoms with Crippen LogP contribution in [0.4, 0.5) is 4.39 Å². The van der Waals surface area contributed by atoms with Crippen molar-refractivity contribution in [2.24, 2.45) is 0 Å². The van der Waals surface area contributed by atoms with Gasteiger partial charge in [-0.3, -0.25) is 9.69 Å². The van der Waals surface area contributed by atoms with Crippen molar-refractivity contribution < 1.29 is 13.9 Å². The molecule has 1 amide bonds. The molecule has 1 aromatic rings. The second-order valence-electron chi connectivity index (χ2n) is 4.80. The molecule has 0 aromatic heterocycles. The van der Waals surface area contributed by atoms with Crippen molar-refractivity contribution in [1.82, 2.24) is 10.2 Å². The van der Waals surface area contributed by atoms with Crippen molar-refractivity contribution >= 4 is 21.8 Å². The number of carbonyl (C=O) groups is 1. The van der Waals surface area contributed by atoms with E-state index < -0.39 is 11.7 Å². The van der Waals surface area contributed by atoms with Crippen LogP contribution >= 0.6 is 15.9 Å². The minimum Gasteiger partial charge on any atom is -0.379 e. The van der Waals surface area contributed by atoms with E-state index in [4.69, 9.17) is 4.74 Å². The highest BCUT2D eigenvalue weighted by molar-refractivity contribution is 9.10. The van der Waals surface area contributed by atoms with Gasteiger partial charge in [0.05, 0.1) is 18.8 Å². The van der Waals surface area contributed by atoms with Gasteiger partial charge in [0.2, 0.25) is 0 Å². The lowest BCUT2D eigenvalue weighted by atomic mass is 10.2. The topological polar surface area (TPSA) is 41.6 Å². The zero-order chi connectivity index (χ0) is 14.5. The minimum atomic E-state index is -0.518. The standard InChI is InChI=1S/C14H18BrFN2O2/c1-10(18-5-7-20-8-6-18)9-17-14(19)13-11(15)3-2-4-12(13)16/h2-4,10H,5-9H2,1H3,(H,17,19)/t10-/m0/s1. The fraction of sp³-hybridized carbons (Fsp3) is 0.500. The summed E-state index contributed by atoms with van der Waals surface area (Å²) < 4.78 is 19.4. The van der Waals surface area contributed by atoms with E-state index in [2.05, 4.69) is 26.1 Å². The highest BCUT2D eigenvalue weighted by Gasteiger charge is 2.19. The summed E-state index contributed by atoms with van der Waals surface area (Å²) in [5, 5.41) is 2.79. The van der Waals surface area contributed by atoms with E-state index in [0.29, 0.717) is 11.0 Å². The molecule has 1 N–H and O–H groups in total. The van der Waals surface area contributed by atoms with Crippen LogP contribution in [0.3, 0.4) is 0 Å². The molecule has 20 heavy (non-hydrogen) atoms. The Morgan fingerprint density at radius 1 is 1.50 bits per heavy atom. The molecule has 1 heterocycles. The number of halogens is 2. The Bertz CT molecular complexity index is 458. The number of hydrogen-bond donors (Lipinski definition) is 1. The quantitative estimate of drug-likeness (QED) is 0.908. The van der Waals surface area contributed by atoms with Gasteiger partial charge in [0.1, 0.15) is 5.82 Å². The van der Waals surface area contributed by atoms with Gasteiger partial charge in [-0.25, -0.2) is 4.39 Å². The van der Waals surface area contributed by atoms with Crippen LogP contribution in [0.15, 0.2) is 22.7 Å². The molecule has 1 atom stereocenters. The van der Waals surface area contributed by atoms with E-state index in [0.717, 1.165) is 26.3 Å². The lowest BCUT2D eigenvalue weighted by Crippen LogP contribution is -2.47. The van der Waals surface area contributed by atoms with E-state index in [1.807, 2.05) is 6.92 Å². The Hall–Kier alpha value is -0.980. The van der Waals surface area contributed by atoms with E-state index in [1.165, 1.54) is 6.07 Å². The number of morpholine rings is 1. The van der Waals surface area contributed by atoms with E-state index >= 15 is 0 Å². The first-order valence-electron chi connectivity index (χ1n) is 6.63. The SMILES string of the molecule is C[C@@H](CNC(=O)c1c(F)cccc1Br)N1CCOCC1. The van der Waals surface area contributed by atoms with Crippen molar-refractivity contribution in [3.63, 3.8) is 0 Å². The Balaban J connectivity index is 1.91. The molecule has 1 aromatic carbocycles. The Morgan fingerprint density at radius 3 is 2.85 bits per heavy atom. The molecule has 6 heteroatoms. The van der Waals surface area contributed by atoms with Gasteiger partial charge in [0, 0.05) is 30.1 Å². The van der Waals surface area contributed by atoms with Crippen LogP contribution in [-0.4, -0.2) is 49.7 Å². The first-order chi connectivity index (χ1) is 9.59. The van der Waals surface area contributed by atoms with Crippen molar-refractivity contribution in [1.29, 1.82) is 0 Å². The molecular weight excluding hydrogens is 327 g/mol. The molecule has 0 unspecified atom stereocenters. The van der Waals surface area contributed by atoms with Gasteiger partial charge in [-0.15, -0.1) is 0 Å². The molecule has 0 aliphatic carbocycles. The van der Waals surface area contributed by atoms with Crippen LogP contribution in [0, 0.1) is 5.82 Å². The number of amides is 1. The largest absolute Gasteiger partial charge is 0.379 e. The second-order valence-corrected chi connectivity index (χ2v) is 5.66. The highest BCUT2D eigenvalue weighted by Crippen LogP contribution is 2.19. The van der Waals surface area contributed by atoms with Crippen molar-refractivity contribution in [3.8, 4) is 0 Å². The van der Waals surface area contributed by atoms with Crippen molar-refractivity contribution in [2.75, 3.05) is 32.8 Å². The number of rotatable bonds is 4. The van der Waals surface area contributed by atoms with Crippen molar-refractivity contribution in [2.45, 2.75) is 13.0 Å². The zero-order valence-electron chi connectivity index (χ0n) is 11.4. The van der Waals surface area contributed by atoms with Gasteiger partial charge in [-0.1, -0.05) is 6.07 Å². The summed E-state index contributed by atoms with van der Waals surface area (Å²) in [6.45, 7) is 5.69. The molecular formula is C14H18BrFN2O2. The van der Waals surface area contributed by atoms with Gasteiger partial charge in [-0.05, 0) is 35.0 Å². The number of nitrogens with one attached hydrogen (secondary N) is 1. The highest BCUT2D eigenvalue weighted by atomic mass is 79.9. The molecule has 2 rings (SSSR count). The average molecular weight is 345 g/mol. The summed E-state index contributed by atoms with van der Waals surface area (Å²) in [6.07, 6.45) is 0. The number of hydrogen-bond acceptors (Lipinski definition) is 3. The molecule has 1 fully saturated rings. The van der Waals surface area contributed by atoms with E-state index in [-0.39, 0.29) is 11.6 Å². The molecule has 0 saturated carbocycles. The summed E-state index contributed by atoms with van der Waals surface area (Å²) in [5.74, 6) is -0.911. The first kappa shape index (κ1) is 15.4. The van der Waals surface area contributed by atoms with Crippen LogP contribution < -0.4 is 5.32 Å². The fourth-order valence-corrected chi connectivity index (χ4v) is 2.71. The molecule has 110 valence electrons. The summed E-state index contributed by atoms with van der Waals surface area (Å²) in [5.41, 5.74) is 0.0571. The zero-order valence-corrected chi connectivity index (χ0v) is 13.0. The van der Waals surface area contributed by atoms with Gasteiger partial charge in [0.15, 0.2) is 0 Å². The van der Waals surface area contributed by atoms with Gasteiger partial charge < -0.3 is 10.1 Å². The molecule has 1 aliphatic rings. The third-order valence-corrected chi connectivity index (χ3v) is 4.08. The maximum absolute atomic E-state index is 13.7. The number of ether oxygens (including phenoxy) is 1. The van der Waals surface area contributed by atoms with Gasteiger partial charge in [-0.2, -0.15) is 0 Å². The minimum absolute atomic E-state index is 0.0571. The van der Waals surface area contributed by atoms with Crippen molar-refractivity contribution in [3.05, 3.63) is 34.1 Å². The summed E-state index contributed by atoms with van der Waals surface area (Å²) in [6, 6.07) is 4.70. The van der Waals surface area contributed by atoms with Crippen LogP contribution in [0.5, 0.6) is 0 Å². The lowest BCUT2D eigenvalue weighted by molar-refractivity contribution is 0.0204. The Kier molecular flexibility index (Phi) is 5.51. The molecule has 0 radical (unpaired) electrons. The molecule has 1 saturated heterocycles. The Labute approximate surface area is 126 Å². The van der Waals surface area contributed by atoms with Crippen LogP contribution in [0.2, 0.25) is 0 Å². The molecule has 4 nitrogen and oxygen atoms in total. The predicted octanol–water partition coefficient (Wildman–Crippen LogP) is 2.04. The summed E-state index contributed by atoms with van der Waals surface area (Å²) in [4.78, 5) is 14.3. The lowest BCUT2D eigenvalue weighted by Gasteiger charge is -2.32. The van der Waals surface area contributed by atoms with Crippen LogP contribution in [0.25, 0.3) is 0 Å². The summed E-state index contributed by atoms with van der Waals surface area (Å²) >= 11 is 3.20. The average Bonchev–Trinajstić information content (AvgIpc) is 2.45. The third-order valence-electron chi connectivity index (χ3n) is 3.42. The fourth-order valence-electron chi connectivity index (χ4n) is 2.19. The number of carbonyl (C=O) groups excluding carboxylic acids is 1. The second kappa shape index (κ2) is 7.15. The molecule has 0 spiro atoms. The predicted molar refractivity (Wildman–Crippen MR) is 78.3 cm³/mol. The van der Waals surface area contributed by atoms with Gasteiger partial charge >= 0.3 is 0 Å². The molecule has 1 aliphatic heterocycles. The maximum Gasteiger partial charge on any atom is 0.255 e. The normalized spacial score (nSPS) is 17.8. The first-order valence-corrected chi connectivity index (χ1v) is 7.43. The maximum atomic E-state index is 13.7. The summed E-state index contributed by atoms with van der Waals surface area (Å²) in [7, 11) is 0. The van der Waals surface area contributed by atoms with E-state index in [1.54, 1.807) is 12.1 Å². The van der Waals surface area contributed by atoms with Gasteiger partial charge in [0.25, 0.3) is 5.91 Å². The van der Waals surface area contributed by atoms with E-state index in [9.17, 15) is 9.18 Å². The monoisotopic (exact) mass is 344 g/mol. The van der Waals surface area contributed by atoms with Crippen LogP contribution in [0.1, 0.15) is 17.3 Å². The Morgan fingerprint density at radius 2 is 2.20 bits per heavy atom. The third kappa shape index (κ3) is 3.77. The smallest absolute Gasteiger partial charge is 0.255 e. The van der Waals surface area contributed by atoms with Crippen LogP contribution in [-0.2, 0) is 4.74 Å². The molecule has 0 bridgehead atoms. The number of nitrogens with zero attached hydrogens (tertiary/aromatic N) is 1.